The van der Waals surface area contributed by atoms with Crippen LogP contribution in [0.2, 0.25) is 5.02 Å². The van der Waals surface area contributed by atoms with E-state index in [4.69, 9.17) is 21.1 Å². The average Bonchev–Trinajstić information content (AvgIpc) is 2.53. The molecule has 7 heteroatoms. The molecule has 0 spiro atoms. The number of hydrogen-bond donors (Lipinski definition) is 1. The Labute approximate surface area is 154 Å². The molecule has 1 saturated heterocycles. The number of nitrogens with zero attached hydrogens (tertiary/aromatic N) is 2. The van der Waals surface area contributed by atoms with Crippen LogP contribution in [0.25, 0.3) is 0 Å². The van der Waals surface area contributed by atoms with E-state index in [1.807, 2.05) is 20.8 Å². The van der Waals surface area contributed by atoms with Gasteiger partial charge in [-0.25, -0.2) is 4.79 Å². The number of carbonyl (C=O) groups excluding carboxylic acids is 1. The van der Waals surface area contributed by atoms with Gasteiger partial charge in [-0.3, -0.25) is 4.90 Å². The number of amides is 1. The van der Waals surface area contributed by atoms with Gasteiger partial charge in [0, 0.05) is 37.7 Å². The molecule has 1 atom stereocenters. The van der Waals surface area contributed by atoms with Gasteiger partial charge < -0.3 is 19.5 Å². The Morgan fingerprint density at radius 3 is 2.36 bits per heavy atom. The van der Waals surface area contributed by atoms with E-state index in [1.54, 1.807) is 29.2 Å². The van der Waals surface area contributed by atoms with Gasteiger partial charge in [0.1, 0.15) is 24.1 Å². The van der Waals surface area contributed by atoms with Gasteiger partial charge in [0.05, 0.1) is 0 Å². The second-order valence-electron chi connectivity index (χ2n) is 7.19. The number of aliphatic hydroxyl groups is 1. The van der Waals surface area contributed by atoms with Crippen molar-refractivity contribution in [3.63, 3.8) is 0 Å². The molecular weight excluding hydrogens is 344 g/mol. The summed E-state index contributed by atoms with van der Waals surface area (Å²) in [4.78, 5) is 15.9. The van der Waals surface area contributed by atoms with Crippen LogP contribution >= 0.6 is 11.6 Å². The zero-order chi connectivity index (χ0) is 18.4. The first-order valence-corrected chi connectivity index (χ1v) is 8.87. The van der Waals surface area contributed by atoms with E-state index in [0.717, 1.165) is 0 Å². The van der Waals surface area contributed by atoms with Crippen molar-refractivity contribution in [1.29, 1.82) is 0 Å². The van der Waals surface area contributed by atoms with Crippen molar-refractivity contribution in [2.75, 3.05) is 39.3 Å². The minimum absolute atomic E-state index is 0.216. The van der Waals surface area contributed by atoms with Crippen molar-refractivity contribution in [3.05, 3.63) is 29.3 Å². The maximum absolute atomic E-state index is 12.0. The lowest BCUT2D eigenvalue weighted by atomic mass is 10.2. The SMILES string of the molecule is CC(C)(C)OC(=O)N1CCN(C[C@H](O)COc2ccc(Cl)cc2)CC1. The van der Waals surface area contributed by atoms with Crippen LogP contribution in [0.15, 0.2) is 24.3 Å². The number of piperazine rings is 1. The Kier molecular flexibility index (Phi) is 6.93. The molecule has 1 aliphatic rings. The van der Waals surface area contributed by atoms with Crippen LogP contribution in [0.5, 0.6) is 5.75 Å². The van der Waals surface area contributed by atoms with Gasteiger partial charge in [0.15, 0.2) is 0 Å². The van der Waals surface area contributed by atoms with Gasteiger partial charge in [0.2, 0.25) is 0 Å². The third-order valence-electron chi connectivity index (χ3n) is 3.75. The third kappa shape index (κ3) is 7.10. The second-order valence-corrected chi connectivity index (χ2v) is 7.62. The molecule has 0 aliphatic carbocycles. The number of β-amino-alcohol motifs (C(OH)–C–C–N with tert-alkyl or cyclic N) is 1. The first kappa shape index (κ1) is 19.8. The smallest absolute Gasteiger partial charge is 0.410 e. The molecule has 1 amide bonds. The molecule has 0 bridgehead atoms. The van der Waals surface area contributed by atoms with Gasteiger partial charge in [-0.15, -0.1) is 0 Å². The molecule has 0 saturated carbocycles. The molecular formula is C18H27ClN2O4. The Morgan fingerprint density at radius 2 is 1.80 bits per heavy atom. The van der Waals surface area contributed by atoms with Crippen molar-refractivity contribution in [3.8, 4) is 5.75 Å². The summed E-state index contributed by atoms with van der Waals surface area (Å²) in [5, 5.41) is 10.8. The predicted octanol–water partition coefficient (Wildman–Crippen LogP) is 2.63. The summed E-state index contributed by atoms with van der Waals surface area (Å²) in [6.45, 7) is 8.91. The van der Waals surface area contributed by atoms with Crippen LogP contribution in [0.1, 0.15) is 20.8 Å². The highest BCUT2D eigenvalue weighted by molar-refractivity contribution is 6.30. The number of carbonyl (C=O) groups is 1. The fourth-order valence-corrected chi connectivity index (χ4v) is 2.64. The monoisotopic (exact) mass is 370 g/mol. The molecule has 140 valence electrons. The quantitative estimate of drug-likeness (QED) is 0.863. The topological polar surface area (TPSA) is 62.2 Å². The molecule has 2 rings (SSSR count). The predicted molar refractivity (Wildman–Crippen MR) is 97.2 cm³/mol. The minimum atomic E-state index is -0.594. The summed E-state index contributed by atoms with van der Waals surface area (Å²) < 4.78 is 10.9. The molecule has 1 heterocycles. The molecule has 1 aromatic rings. The van der Waals surface area contributed by atoms with Gasteiger partial charge >= 0.3 is 6.09 Å². The molecule has 25 heavy (non-hydrogen) atoms. The highest BCUT2D eigenvalue weighted by Gasteiger charge is 2.26. The van der Waals surface area contributed by atoms with E-state index in [2.05, 4.69) is 4.90 Å². The lowest BCUT2D eigenvalue weighted by Gasteiger charge is -2.36. The standard InChI is InChI=1S/C18H27ClN2O4/c1-18(2,3)25-17(23)21-10-8-20(9-11-21)12-15(22)13-24-16-6-4-14(19)5-7-16/h4-7,15,22H,8-13H2,1-3H3/t15-/m0/s1. The zero-order valence-electron chi connectivity index (χ0n) is 15.1. The van der Waals surface area contributed by atoms with E-state index in [1.165, 1.54) is 0 Å². The Bertz CT molecular complexity index is 551. The lowest BCUT2D eigenvalue weighted by molar-refractivity contribution is 0.00713. The number of halogens is 1. The van der Waals surface area contributed by atoms with Crippen LogP contribution in [0.3, 0.4) is 0 Å². The van der Waals surface area contributed by atoms with Crippen LogP contribution in [0.4, 0.5) is 4.79 Å². The van der Waals surface area contributed by atoms with E-state index in [-0.39, 0.29) is 12.7 Å². The molecule has 1 N–H and O–H groups in total. The number of hydrogen-bond acceptors (Lipinski definition) is 5. The largest absolute Gasteiger partial charge is 0.491 e. The molecule has 0 radical (unpaired) electrons. The maximum Gasteiger partial charge on any atom is 0.410 e. The zero-order valence-corrected chi connectivity index (χ0v) is 15.8. The highest BCUT2D eigenvalue weighted by Crippen LogP contribution is 2.16. The van der Waals surface area contributed by atoms with E-state index in [0.29, 0.717) is 43.5 Å². The van der Waals surface area contributed by atoms with Crippen molar-refractivity contribution in [2.24, 2.45) is 0 Å². The first-order valence-electron chi connectivity index (χ1n) is 8.49. The van der Waals surface area contributed by atoms with Crippen molar-refractivity contribution < 1.29 is 19.4 Å². The molecule has 1 fully saturated rings. The first-order chi connectivity index (χ1) is 11.7. The van der Waals surface area contributed by atoms with E-state index in [9.17, 15) is 9.90 Å². The summed E-state index contributed by atoms with van der Waals surface area (Å²) in [6.07, 6.45) is -0.873. The summed E-state index contributed by atoms with van der Waals surface area (Å²) >= 11 is 5.82. The Hall–Kier alpha value is -1.50. The van der Waals surface area contributed by atoms with Gasteiger partial charge in [0.25, 0.3) is 0 Å². The van der Waals surface area contributed by atoms with Gasteiger partial charge in [-0.05, 0) is 45.0 Å². The highest BCUT2D eigenvalue weighted by atomic mass is 35.5. The molecule has 6 nitrogen and oxygen atoms in total. The second kappa shape index (κ2) is 8.74. The Balaban J connectivity index is 1.68. The van der Waals surface area contributed by atoms with Crippen molar-refractivity contribution in [1.82, 2.24) is 9.80 Å². The van der Waals surface area contributed by atoms with Crippen LogP contribution < -0.4 is 4.74 Å². The lowest BCUT2D eigenvalue weighted by Crippen LogP contribution is -2.51. The van der Waals surface area contributed by atoms with Crippen LogP contribution in [-0.2, 0) is 4.74 Å². The van der Waals surface area contributed by atoms with E-state index >= 15 is 0 Å². The van der Waals surface area contributed by atoms with Crippen LogP contribution in [-0.4, -0.2) is 72.0 Å². The summed E-state index contributed by atoms with van der Waals surface area (Å²) in [5.74, 6) is 0.679. The van der Waals surface area contributed by atoms with E-state index < -0.39 is 11.7 Å². The number of benzene rings is 1. The molecule has 0 aromatic heterocycles. The number of ether oxygens (including phenoxy) is 2. The summed E-state index contributed by atoms with van der Waals surface area (Å²) in [7, 11) is 0. The Morgan fingerprint density at radius 1 is 1.20 bits per heavy atom. The minimum Gasteiger partial charge on any atom is -0.491 e. The fraction of sp³-hybridized carbons (Fsp3) is 0.611. The average molecular weight is 371 g/mol. The molecule has 1 aromatic carbocycles. The third-order valence-corrected chi connectivity index (χ3v) is 4.00. The van der Waals surface area contributed by atoms with Gasteiger partial charge in [-0.2, -0.15) is 0 Å². The summed E-state index contributed by atoms with van der Waals surface area (Å²) in [5.41, 5.74) is -0.483. The number of rotatable bonds is 5. The molecule has 0 unspecified atom stereocenters. The normalized spacial score (nSPS) is 17.2. The summed E-state index contributed by atoms with van der Waals surface area (Å²) in [6, 6.07) is 7.04. The van der Waals surface area contributed by atoms with Crippen molar-refractivity contribution >= 4 is 17.7 Å². The maximum atomic E-state index is 12.0. The molecule has 1 aliphatic heterocycles. The fourth-order valence-electron chi connectivity index (χ4n) is 2.51. The number of aliphatic hydroxyl groups excluding tert-OH is 1. The van der Waals surface area contributed by atoms with Crippen LogP contribution in [0, 0.1) is 0 Å². The van der Waals surface area contributed by atoms with Crippen molar-refractivity contribution in [2.45, 2.75) is 32.5 Å². The van der Waals surface area contributed by atoms with Gasteiger partial charge in [-0.1, -0.05) is 11.6 Å².